The van der Waals surface area contributed by atoms with Crippen molar-refractivity contribution >= 4 is 5.78 Å². The van der Waals surface area contributed by atoms with Crippen LogP contribution in [0.4, 0.5) is 0 Å². The molecule has 2 fully saturated rings. The second-order valence-corrected chi connectivity index (χ2v) is 6.34. The van der Waals surface area contributed by atoms with E-state index in [2.05, 4.69) is 0 Å². The summed E-state index contributed by atoms with van der Waals surface area (Å²) in [4.78, 5) is 11.6. The van der Waals surface area contributed by atoms with Gasteiger partial charge in [0.25, 0.3) is 0 Å². The van der Waals surface area contributed by atoms with Gasteiger partial charge in [0.05, 0.1) is 6.61 Å². The summed E-state index contributed by atoms with van der Waals surface area (Å²) in [5.74, 6) is -1.28. The summed E-state index contributed by atoms with van der Waals surface area (Å²) >= 11 is 0. The fraction of sp³-hybridized carbons (Fsp3) is 0.786. The highest BCUT2D eigenvalue weighted by atomic mass is 16.8. The molecular weight excluding hydrogens is 248 g/mol. The maximum Gasteiger partial charge on any atom is 0.164 e. The van der Waals surface area contributed by atoms with Crippen LogP contribution < -0.4 is 0 Å². The Hall–Kier alpha value is -0.750. The molecule has 1 aliphatic carbocycles. The van der Waals surface area contributed by atoms with Crippen LogP contribution in [-0.4, -0.2) is 41.8 Å². The minimum Gasteiger partial charge on any atom is -0.348 e. The maximum atomic E-state index is 11.6. The highest BCUT2D eigenvalue weighted by molar-refractivity contribution is 5.93. The van der Waals surface area contributed by atoms with Crippen LogP contribution in [0.1, 0.15) is 34.1 Å². The third kappa shape index (κ3) is 2.25. The molecule has 5 nitrogen and oxygen atoms in total. The quantitative estimate of drug-likeness (QED) is 0.722. The van der Waals surface area contributed by atoms with Gasteiger partial charge in [-0.2, -0.15) is 0 Å². The van der Waals surface area contributed by atoms with Crippen molar-refractivity contribution in [2.75, 3.05) is 6.61 Å². The molecule has 19 heavy (non-hydrogen) atoms. The summed E-state index contributed by atoms with van der Waals surface area (Å²) in [6, 6.07) is 0. The van der Waals surface area contributed by atoms with Crippen molar-refractivity contribution in [1.82, 2.24) is 0 Å². The second kappa shape index (κ2) is 3.88. The lowest BCUT2D eigenvalue weighted by atomic mass is 9.92. The van der Waals surface area contributed by atoms with Crippen LogP contribution in [0.25, 0.3) is 0 Å². The van der Waals surface area contributed by atoms with Gasteiger partial charge in [-0.25, -0.2) is 0 Å². The van der Waals surface area contributed by atoms with Gasteiger partial charge in [0.15, 0.2) is 17.4 Å². The van der Waals surface area contributed by atoms with Crippen LogP contribution in [0, 0.1) is 0 Å². The van der Waals surface area contributed by atoms with Crippen molar-refractivity contribution in [3.63, 3.8) is 0 Å². The minimum absolute atomic E-state index is 0.0597. The molecule has 0 N–H and O–H groups in total. The summed E-state index contributed by atoms with van der Waals surface area (Å²) in [5.41, 5.74) is -0.713. The number of rotatable bonds is 1. The van der Waals surface area contributed by atoms with E-state index in [4.69, 9.17) is 18.9 Å². The molecule has 0 saturated carbocycles. The Morgan fingerprint density at radius 1 is 1.16 bits per heavy atom. The molecule has 0 aromatic rings. The topological polar surface area (TPSA) is 54.0 Å². The molecule has 0 amide bonds. The van der Waals surface area contributed by atoms with Crippen molar-refractivity contribution in [3.8, 4) is 0 Å². The van der Waals surface area contributed by atoms with Crippen molar-refractivity contribution in [2.45, 2.75) is 63.5 Å². The molecule has 2 saturated heterocycles. The van der Waals surface area contributed by atoms with Gasteiger partial charge >= 0.3 is 0 Å². The van der Waals surface area contributed by atoms with E-state index < -0.39 is 17.2 Å². The number of hydrogen-bond donors (Lipinski definition) is 0. The zero-order valence-electron chi connectivity index (χ0n) is 11.8. The van der Waals surface area contributed by atoms with Crippen molar-refractivity contribution < 1.29 is 23.7 Å². The smallest absolute Gasteiger partial charge is 0.164 e. The molecule has 0 radical (unpaired) electrons. The number of carbonyl (C=O) groups excluding carboxylic acids is 1. The molecule has 3 atom stereocenters. The Kier molecular flexibility index (Phi) is 2.71. The highest BCUT2D eigenvalue weighted by Gasteiger charge is 2.59. The van der Waals surface area contributed by atoms with Crippen LogP contribution >= 0.6 is 0 Å². The van der Waals surface area contributed by atoms with E-state index in [1.807, 2.05) is 33.8 Å². The van der Waals surface area contributed by atoms with Crippen molar-refractivity contribution in [2.24, 2.45) is 0 Å². The first-order chi connectivity index (χ1) is 8.72. The molecule has 2 aliphatic heterocycles. The molecule has 3 aliphatic rings. The summed E-state index contributed by atoms with van der Waals surface area (Å²) in [7, 11) is 0. The van der Waals surface area contributed by atoms with Gasteiger partial charge in [-0.05, 0) is 39.8 Å². The van der Waals surface area contributed by atoms with Crippen molar-refractivity contribution in [1.29, 1.82) is 0 Å². The van der Waals surface area contributed by atoms with Gasteiger partial charge in [-0.1, -0.05) is 0 Å². The molecule has 3 rings (SSSR count). The first-order valence-electron chi connectivity index (χ1n) is 6.63. The van der Waals surface area contributed by atoms with Crippen LogP contribution in [0.5, 0.6) is 0 Å². The Morgan fingerprint density at radius 3 is 2.42 bits per heavy atom. The molecule has 1 spiro atoms. The fourth-order valence-electron chi connectivity index (χ4n) is 3.09. The van der Waals surface area contributed by atoms with Crippen molar-refractivity contribution in [3.05, 3.63) is 12.2 Å². The van der Waals surface area contributed by atoms with E-state index in [0.29, 0.717) is 13.0 Å². The third-order valence-corrected chi connectivity index (χ3v) is 3.70. The minimum atomic E-state index is -0.726. The monoisotopic (exact) mass is 268 g/mol. The molecular formula is C14H20O5. The van der Waals surface area contributed by atoms with E-state index in [1.54, 1.807) is 6.08 Å². The van der Waals surface area contributed by atoms with Crippen LogP contribution in [0.15, 0.2) is 12.2 Å². The van der Waals surface area contributed by atoms with Gasteiger partial charge in [0.2, 0.25) is 0 Å². The molecule has 106 valence electrons. The number of allylic oxidation sites excluding steroid dienone is 1. The van der Waals surface area contributed by atoms with E-state index in [0.717, 1.165) is 0 Å². The van der Waals surface area contributed by atoms with E-state index in [1.165, 1.54) is 0 Å². The number of hydrogen-bond acceptors (Lipinski definition) is 5. The summed E-state index contributed by atoms with van der Waals surface area (Å²) in [5, 5.41) is 0. The normalized spacial score (nSPS) is 43.5. The lowest BCUT2D eigenvalue weighted by Gasteiger charge is -2.29. The molecule has 2 heterocycles. The van der Waals surface area contributed by atoms with Gasteiger partial charge in [0, 0.05) is 6.42 Å². The van der Waals surface area contributed by atoms with Gasteiger partial charge < -0.3 is 18.9 Å². The van der Waals surface area contributed by atoms with Crippen LogP contribution in [0.2, 0.25) is 0 Å². The Bertz CT molecular complexity index is 439. The zero-order chi connectivity index (χ0) is 13.9. The summed E-state index contributed by atoms with van der Waals surface area (Å²) in [6.07, 6.45) is 3.13. The van der Waals surface area contributed by atoms with Crippen LogP contribution in [-0.2, 0) is 23.7 Å². The largest absolute Gasteiger partial charge is 0.348 e. The van der Waals surface area contributed by atoms with E-state index in [-0.39, 0.29) is 18.0 Å². The number of carbonyl (C=O) groups is 1. The Labute approximate surface area is 112 Å². The van der Waals surface area contributed by atoms with Crippen LogP contribution in [0.3, 0.4) is 0 Å². The lowest BCUT2D eigenvalue weighted by molar-refractivity contribution is -0.175. The highest BCUT2D eigenvalue weighted by Crippen LogP contribution is 2.46. The molecule has 0 bridgehead atoms. The van der Waals surface area contributed by atoms with E-state index in [9.17, 15) is 4.79 Å². The second-order valence-electron chi connectivity index (χ2n) is 6.34. The summed E-state index contributed by atoms with van der Waals surface area (Å²) in [6.45, 7) is 7.89. The summed E-state index contributed by atoms with van der Waals surface area (Å²) < 4.78 is 23.4. The third-order valence-electron chi connectivity index (χ3n) is 3.70. The van der Waals surface area contributed by atoms with Gasteiger partial charge in [-0.3, -0.25) is 4.79 Å². The average molecular weight is 268 g/mol. The van der Waals surface area contributed by atoms with E-state index >= 15 is 0 Å². The predicted octanol–water partition coefficient (Wildman–Crippen LogP) is 1.56. The zero-order valence-corrected chi connectivity index (χ0v) is 11.8. The molecule has 0 unspecified atom stereocenters. The SMILES string of the molecule is CC1(C)OC[C@H]([C@H]2OC(C)(C)O[C@@]23C=CC(=O)C3)O1. The predicted molar refractivity (Wildman–Crippen MR) is 66.4 cm³/mol. The number of ether oxygens (including phenoxy) is 4. The maximum absolute atomic E-state index is 11.6. The molecule has 0 aromatic heterocycles. The number of ketones is 1. The molecule has 5 heteroatoms. The molecule has 0 aromatic carbocycles. The van der Waals surface area contributed by atoms with Gasteiger partial charge in [-0.15, -0.1) is 0 Å². The lowest BCUT2D eigenvalue weighted by Crippen LogP contribution is -2.46. The average Bonchev–Trinajstić information content (AvgIpc) is 2.86. The first kappa shape index (κ1) is 13.2. The fourth-order valence-corrected chi connectivity index (χ4v) is 3.09. The Morgan fingerprint density at radius 2 is 1.89 bits per heavy atom. The first-order valence-corrected chi connectivity index (χ1v) is 6.63. The Balaban J connectivity index is 1.87. The standard InChI is InChI=1S/C14H20O5/c1-12(2)16-8-10(17-12)11-14(6-5-9(15)7-14)19-13(3,4)18-11/h5-6,10-11H,7-8H2,1-4H3/t10-,11-,14-/m1/s1. The van der Waals surface area contributed by atoms with Gasteiger partial charge in [0.1, 0.15) is 17.8 Å².